The topological polar surface area (TPSA) is 12.9 Å². The molecular formula is C41H30ClN. The number of fused-ring (bicyclic) bond motifs is 5. The Balaban J connectivity index is 1.37. The number of rotatable bonds is 4. The quantitative estimate of drug-likeness (QED) is 0.205. The molecule has 2 heteroatoms. The van der Waals surface area contributed by atoms with E-state index in [4.69, 9.17) is 16.6 Å². The number of nitrogens with zero attached hydrogens (tertiary/aromatic N) is 1. The van der Waals surface area contributed by atoms with Crippen LogP contribution in [0.25, 0.3) is 45.2 Å². The first-order chi connectivity index (χ1) is 21.3. The minimum atomic E-state index is 0.231. The smallest absolute Gasteiger partial charge is 0.0746 e. The number of pyridine rings is 1. The van der Waals surface area contributed by atoms with Gasteiger partial charge in [0.1, 0.15) is 0 Å². The van der Waals surface area contributed by atoms with Crippen molar-refractivity contribution in [3.8, 4) is 33.5 Å². The highest BCUT2D eigenvalue weighted by Gasteiger charge is 2.28. The summed E-state index contributed by atoms with van der Waals surface area (Å²) in [6, 6.07) is 45.7. The second kappa shape index (κ2) is 10.8. The monoisotopic (exact) mass is 571 g/mol. The van der Waals surface area contributed by atoms with Gasteiger partial charge in [-0.1, -0.05) is 127 Å². The zero-order valence-corrected chi connectivity index (χ0v) is 24.6. The summed E-state index contributed by atoms with van der Waals surface area (Å²) in [5.74, 6) is 0.231. The maximum atomic E-state index is 6.34. The van der Waals surface area contributed by atoms with Crippen molar-refractivity contribution in [1.29, 1.82) is 0 Å². The molecule has 206 valence electrons. The van der Waals surface area contributed by atoms with Crippen LogP contribution in [-0.2, 0) is 6.42 Å². The van der Waals surface area contributed by atoms with Crippen LogP contribution in [0, 0.1) is 0 Å². The van der Waals surface area contributed by atoms with Crippen molar-refractivity contribution in [2.45, 2.75) is 25.2 Å². The Kier molecular flexibility index (Phi) is 6.54. The largest absolute Gasteiger partial charge is 0.256 e. The van der Waals surface area contributed by atoms with E-state index in [-0.39, 0.29) is 5.92 Å². The Labute approximate surface area is 257 Å². The highest BCUT2D eigenvalue weighted by Crippen LogP contribution is 2.41. The zero-order chi connectivity index (χ0) is 28.8. The third-order valence-corrected chi connectivity index (χ3v) is 9.40. The lowest BCUT2D eigenvalue weighted by Gasteiger charge is -2.29. The highest BCUT2D eigenvalue weighted by atomic mass is 35.5. The molecule has 0 saturated heterocycles. The van der Waals surface area contributed by atoms with Gasteiger partial charge in [-0.3, -0.25) is 4.98 Å². The fourth-order valence-electron chi connectivity index (χ4n) is 7.20. The van der Waals surface area contributed by atoms with Crippen LogP contribution in [0.15, 0.2) is 134 Å². The first kappa shape index (κ1) is 25.9. The van der Waals surface area contributed by atoms with Gasteiger partial charge in [0.05, 0.1) is 5.69 Å². The number of hydrogen-bond donors (Lipinski definition) is 0. The Bertz CT molecular complexity index is 2110. The summed E-state index contributed by atoms with van der Waals surface area (Å²) >= 11 is 6.34. The minimum Gasteiger partial charge on any atom is -0.256 e. The standard InChI is InChI=1S/C41H30ClN/c42-30-19-16-29(17-20-30)33-22-23-35(37-25-24-34-31-12-5-4-11-28(31)18-21-36(34)40(33)37)39-15-8-26-43-41(39)38-14-7-6-13-32(38)27-9-2-1-3-10-27/h1-17,19-21,24-26,35H,18,22-23H2. The van der Waals surface area contributed by atoms with E-state index in [0.29, 0.717) is 0 Å². The molecule has 0 N–H and O–H groups in total. The Hall–Kier alpha value is -4.72. The summed E-state index contributed by atoms with van der Waals surface area (Å²) in [5, 5.41) is 3.52. The molecule has 1 aromatic heterocycles. The maximum Gasteiger partial charge on any atom is 0.0746 e. The molecule has 5 aromatic carbocycles. The van der Waals surface area contributed by atoms with E-state index in [9.17, 15) is 0 Å². The van der Waals surface area contributed by atoms with Gasteiger partial charge >= 0.3 is 0 Å². The van der Waals surface area contributed by atoms with Crippen molar-refractivity contribution >= 4 is 23.3 Å². The summed E-state index contributed by atoms with van der Waals surface area (Å²) in [7, 11) is 0. The molecule has 2 aliphatic rings. The van der Waals surface area contributed by atoms with Crippen molar-refractivity contribution in [2.24, 2.45) is 0 Å². The van der Waals surface area contributed by atoms with Crippen LogP contribution in [0.1, 0.15) is 41.0 Å². The van der Waals surface area contributed by atoms with E-state index >= 15 is 0 Å². The molecule has 0 radical (unpaired) electrons. The van der Waals surface area contributed by atoms with Crippen LogP contribution in [0.3, 0.4) is 0 Å². The summed E-state index contributed by atoms with van der Waals surface area (Å²) in [6.45, 7) is 0. The van der Waals surface area contributed by atoms with E-state index in [2.05, 4.69) is 121 Å². The SMILES string of the molecule is Clc1ccc(C2=c3c(ccc4c3=CCc3ccccc3-4)C(c3cccnc3-c3ccccc3-c3ccccc3)CC2)cc1. The molecular weight excluding hydrogens is 542 g/mol. The van der Waals surface area contributed by atoms with E-state index in [1.54, 1.807) is 0 Å². The number of aromatic nitrogens is 1. The fraction of sp³-hybridized carbons (Fsp3) is 0.0976. The van der Waals surface area contributed by atoms with Gasteiger partial charge < -0.3 is 0 Å². The Morgan fingerprint density at radius 1 is 0.581 bits per heavy atom. The molecule has 8 rings (SSSR count). The summed E-state index contributed by atoms with van der Waals surface area (Å²) in [6.07, 6.45) is 7.34. The van der Waals surface area contributed by atoms with Crippen LogP contribution in [-0.4, -0.2) is 4.98 Å². The van der Waals surface area contributed by atoms with Gasteiger partial charge in [-0.25, -0.2) is 0 Å². The highest BCUT2D eigenvalue weighted by molar-refractivity contribution is 6.30. The normalized spacial score (nSPS) is 15.2. The first-order valence-electron chi connectivity index (χ1n) is 15.1. The molecule has 1 unspecified atom stereocenters. The first-order valence-corrected chi connectivity index (χ1v) is 15.4. The summed E-state index contributed by atoms with van der Waals surface area (Å²) in [5.41, 5.74) is 14.1. The fourth-order valence-corrected chi connectivity index (χ4v) is 7.32. The van der Waals surface area contributed by atoms with Crippen molar-refractivity contribution in [3.63, 3.8) is 0 Å². The van der Waals surface area contributed by atoms with Gasteiger partial charge in [0.2, 0.25) is 0 Å². The third kappa shape index (κ3) is 4.52. The molecule has 0 saturated carbocycles. The van der Waals surface area contributed by atoms with Crippen LogP contribution < -0.4 is 10.4 Å². The lowest BCUT2D eigenvalue weighted by atomic mass is 9.75. The predicted octanol–water partition coefficient (Wildman–Crippen LogP) is 9.20. The van der Waals surface area contributed by atoms with Gasteiger partial charge in [0.15, 0.2) is 0 Å². The van der Waals surface area contributed by atoms with E-state index in [1.165, 1.54) is 66.1 Å². The molecule has 0 amide bonds. The van der Waals surface area contributed by atoms with E-state index < -0.39 is 0 Å². The van der Waals surface area contributed by atoms with Crippen LogP contribution in [0.2, 0.25) is 5.02 Å². The third-order valence-electron chi connectivity index (χ3n) is 9.15. The zero-order valence-electron chi connectivity index (χ0n) is 23.8. The van der Waals surface area contributed by atoms with Crippen LogP contribution in [0.4, 0.5) is 0 Å². The van der Waals surface area contributed by atoms with Crippen LogP contribution >= 0.6 is 11.6 Å². The summed E-state index contributed by atoms with van der Waals surface area (Å²) in [4.78, 5) is 5.06. The van der Waals surface area contributed by atoms with Gasteiger partial charge in [0, 0.05) is 22.7 Å². The molecule has 1 atom stereocenters. The van der Waals surface area contributed by atoms with Crippen molar-refractivity contribution in [2.75, 3.05) is 0 Å². The number of hydrogen-bond acceptors (Lipinski definition) is 1. The lowest BCUT2D eigenvalue weighted by molar-refractivity contribution is 0.708. The molecule has 43 heavy (non-hydrogen) atoms. The van der Waals surface area contributed by atoms with Crippen molar-refractivity contribution in [3.05, 3.63) is 171 Å². The van der Waals surface area contributed by atoms with Crippen LogP contribution in [0.5, 0.6) is 0 Å². The van der Waals surface area contributed by atoms with Gasteiger partial charge in [-0.2, -0.15) is 0 Å². The second-order valence-corrected chi connectivity index (χ2v) is 11.9. The van der Waals surface area contributed by atoms with Gasteiger partial charge in [0.25, 0.3) is 0 Å². The molecule has 1 heterocycles. The number of halogens is 1. The molecule has 0 spiro atoms. The second-order valence-electron chi connectivity index (χ2n) is 11.5. The van der Waals surface area contributed by atoms with Crippen molar-refractivity contribution in [1.82, 2.24) is 4.98 Å². The average molecular weight is 572 g/mol. The van der Waals surface area contributed by atoms with Crippen molar-refractivity contribution < 1.29 is 0 Å². The van der Waals surface area contributed by atoms with Gasteiger partial charge in [-0.05, 0) is 98.0 Å². The maximum absolute atomic E-state index is 6.34. The van der Waals surface area contributed by atoms with E-state index in [1.807, 2.05) is 18.3 Å². The number of benzene rings is 5. The lowest BCUT2D eigenvalue weighted by Crippen LogP contribution is -2.38. The molecule has 6 aromatic rings. The van der Waals surface area contributed by atoms with Gasteiger partial charge in [-0.15, -0.1) is 0 Å². The summed E-state index contributed by atoms with van der Waals surface area (Å²) < 4.78 is 0. The molecule has 0 aliphatic heterocycles. The molecule has 0 bridgehead atoms. The minimum absolute atomic E-state index is 0.231. The molecule has 2 aliphatic carbocycles. The molecule has 0 fully saturated rings. The molecule has 1 nitrogen and oxygen atoms in total. The Morgan fingerprint density at radius 2 is 1.33 bits per heavy atom. The predicted molar refractivity (Wildman–Crippen MR) is 179 cm³/mol. The average Bonchev–Trinajstić information content (AvgIpc) is 3.08. The van der Waals surface area contributed by atoms with E-state index in [0.717, 1.165) is 30.0 Å². The Morgan fingerprint density at radius 3 is 2.16 bits per heavy atom.